The summed E-state index contributed by atoms with van der Waals surface area (Å²) >= 11 is 0. The maximum Gasteiger partial charge on any atom is 0.185 e. The first-order valence-corrected chi connectivity index (χ1v) is 9.67. The van der Waals surface area contributed by atoms with E-state index in [-0.39, 0.29) is 23.2 Å². The van der Waals surface area contributed by atoms with Crippen molar-refractivity contribution in [2.24, 2.45) is 0 Å². The molecular weight excluding hydrogens is 360 g/mol. The number of hydrogen-bond donors (Lipinski definition) is 2. The SMILES string of the molecule is O=C1/C(=C\c2ccc(O)cc2)CC(c2ccccc2)C/C1=C/c1ccc(O)cc1. The molecule has 0 amide bonds. The van der Waals surface area contributed by atoms with Crippen LogP contribution in [0.25, 0.3) is 12.2 Å². The van der Waals surface area contributed by atoms with Gasteiger partial charge in [0, 0.05) is 11.1 Å². The Labute approximate surface area is 170 Å². The quantitative estimate of drug-likeness (QED) is 0.570. The van der Waals surface area contributed by atoms with Gasteiger partial charge in [-0.25, -0.2) is 0 Å². The van der Waals surface area contributed by atoms with E-state index < -0.39 is 0 Å². The van der Waals surface area contributed by atoms with E-state index in [1.807, 2.05) is 54.6 Å². The third-order valence-corrected chi connectivity index (χ3v) is 5.25. The predicted octanol–water partition coefficient (Wildman–Crippen LogP) is 5.71. The largest absolute Gasteiger partial charge is 0.508 e. The van der Waals surface area contributed by atoms with Gasteiger partial charge in [-0.15, -0.1) is 0 Å². The molecule has 29 heavy (non-hydrogen) atoms. The maximum absolute atomic E-state index is 13.2. The molecule has 1 saturated carbocycles. The molecule has 0 aliphatic heterocycles. The molecule has 0 saturated heterocycles. The van der Waals surface area contributed by atoms with Crippen LogP contribution in [0, 0.1) is 0 Å². The molecule has 0 unspecified atom stereocenters. The fourth-order valence-corrected chi connectivity index (χ4v) is 3.75. The highest BCUT2D eigenvalue weighted by Gasteiger charge is 2.28. The molecule has 1 aliphatic rings. The lowest BCUT2D eigenvalue weighted by atomic mass is 9.77. The van der Waals surface area contributed by atoms with Gasteiger partial charge in [0.25, 0.3) is 0 Å². The summed E-state index contributed by atoms with van der Waals surface area (Å²) in [7, 11) is 0. The monoisotopic (exact) mass is 382 g/mol. The van der Waals surface area contributed by atoms with E-state index >= 15 is 0 Å². The molecule has 0 aromatic heterocycles. The van der Waals surface area contributed by atoms with Gasteiger partial charge < -0.3 is 10.2 Å². The van der Waals surface area contributed by atoms with Crippen molar-refractivity contribution in [2.45, 2.75) is 18.8 Å². The van der Waals surface area contributed by atoms with E-state index in [0.717, 1.165) is 22.3 Å². The van der Waals surface area contributed by atoms with Crippen molar-refractivity contribution in [3.05, 3.63) is 107 Å². The van der Waals surface area contributed by atoms with E-state index in [4.69, 9.17) is 0 Å². The first kappa shape index (κ1) is 18.8. The van der Waals surface area contributed by atoms with Crippen molar-refractivity contribution in [3.63, 3.8) is 0 Å². The Kier molecular flexibility index (Phi) is 5.30. The zero-order chi connectivity index (χ0) is 20.2. The van der Waals surface area contributed by atoms with Crippen molar-refractivity contribution in [3.8, 4) is 11.5 Å². The summed E-state index contributed by atoms with van der Waals surface area (Å²) in [5, 5.41) is 19.0. The van der Waals surface area contributed by atoms with Crippen LogP contribution in [0.5, 0.6) is 11.5 Å². The van der Waals surface area contributed by atoms with Gasteiger partial charge in [-0.2, -0.15) is 0 Å². The first-order valence-electron chi connectivity index (χ1n) is 9.67. The number of ketones is 1. The third kappa shape index (κ3) is 4.46. The molecule has 0 spiro atoms. The van der Waals surface area contributed by atoms with Gasteiger partial charge in [0.2, 0.25) is 0 Å². The molecule has 1 fully saturated rings. The number of allylic oxidation sites excluding steroid dienone is 2. The summed E-state index contributed by atoms with van der Waals surface area (Å²) in [6.07, 6.45) is 5.19. The van der Waals surface area contributed by atoms with Gasteiger partial charge >= 0.3 is 0 Å². The number of benzene rings is 3. The highest BCUT2D eigenvalue weighted by Crippen LogP contribution is 2.38. The van der Waals surface area contributed by atoms with Gasteiger partial charge in [0.05, 0.1) is 0 Å². The third-order valence-electron chi connectivity index (χ3n) is 5.25. The van der Waals surface area contributed by atoms with Crippen LogP contribution in [-0.4, -0.2) is 16.0 Å². The van der Waals surface area contributed by atoms with Crippen molar-refractivity contribution in [2.75, 3.05) is 0 Å². The second kappa shape index (κ2) is 8.19. The average Bonchev–Trinajstić information content (AvgIpc) is 2.74. The molecule has 0 heterocycles. The van der Waals surface area contributed by atoms with Crippen LogP contribution < -0.4 is 0 Å². The van der Waals surface area contributed by atoms with Crippen LogP contribution in [0.4, 0.5) is 0 Å². The average molecular weight is 382 g/mol. The van der Waals surface area contributed by atoms with E-state index in [2.05, 4.69) is 12.1 Å². The van der Waals surface area contributed by atoms with E-state index in [9.17, 15) is 15.0 Å². The van der Waals surface area contributed by atoms with Crippen LogP contribution in [-0.2, 0) is 4.79 Å². The standard InChI is InChI=1S/C26H22O3/c27-24-10-6-18(7-11-24)14-22-16-21(20-4-2-1-3-5-20)17-23(26(22)29)15-19-8-12-25(28)13-9-19/h1-15,21,27-28H,16-17H2/b22-14-,23-15-. The number of phenols is 2. The van der Waals surface area contributed by atoms with Crippen LogP contribution in [0.3, 0.4) is 0 Å². The van der Waals surface area contributed by atoms with Crippen LogP contribution in [0.2, 0.25) is 0 Å². The summed E-state index contributed by atoms with van der Waals surface area (Å²) in [5.74, 6) is 0.688. The summed E-state index contributed by atoms with van der Waals surface area (Å²) in [5.41, 5.74) is 4.53. The van der Waals surface area contributed by atoms with Crippen molar-refractivity contribution >= 4 is 17.9 Å². The molecular formula is C26H22O3. The van der Waals surface area contributed by atoms with Crippen molar-refractivity contribution < 1.29 is 15.0 Å². The van der Waals surface area contributed by atoms with Gasteiger partial charge in [0.15, 0.2) is 5.78 Å². The number of phenolic OH excluding ortho intramolecular Hbond substituents is 2. The Morgan fingerprint density at radius 2 is 1.10 bits per heavy atom. The van der Waals surface area contributed by atoms with Gasteiger partial charge in [-0.1, -0.05) is 54.6 Å². The number of carbonyl (C=O) groups is 1. The van der Waals surface area contributed by atoms with Crippen molar-refractivity contribution in [1.29, 1.82) is 0 Å². The Morgan fingerprint density at radius 3 is 1.55 bits per heavy atom. The minimum atomic E-state index is 0.0540. The molecule has 3 nitrogen and oxygen atoms in total. The molecule has 0 atom stereocenters. The zero-order valence-electron chi connectivity index (χ0n) is 16.0. The number of rotatable bonds is 3. The molecule has 0 bridgehead atoms. The number of carbonyl (C=O) groups excluding carboxylic acids is 1. The molecule has 1 aliphatic carbocycles. The summed E-state index contributed by atoms with van der Waals surface area (Å²) in [4.78, 5) is 13.2. The Balaban J connectivity index is 1.73. The Hall–Kier alpha value is -3.59. The fourth-order valence-electron chi connectivity index (χ4n) is 3.75. The minimum absolute atomic E-state index is 0.0540. The fraction of sp³-hybridized carbons (Fsp3) is 0.115. The van der Waals surface area contributed by atoms with E-state index in [0.29, 0.717) is 12.8 Å². The Morgan fingerprint density at radius 1 is 0.655 bits per heavy atom. The van der Waals surface area contributed by atoms with Crippen LogP contribution in [0.1, 0.15) is 35.4 Å². The first-order chi connectivity index (χ1) is 14.1. The number of aromatic hydroxyl groups is 2. The smallest absolute Gasteiger partial charge is 0.185 e. The van der Waals surface area contributed by atoms with Gasteiger partial charge in [-0.05, 0) is 71.9 Å². The summed E-state index contributed by atoms with van der Waals surface area (Å²) < 4.78 is 0. The summed E-state index contributed by atoms with van der Waals surface area (Å²) in [6, 6.07) is 24.0. The zero-order valence-corrected chi connectivity index (χ0v) is 16.0. The maximum atomic E-state index is 13.2. The van der Waals surface area contributed by atoms with E-state index in [1.54, 1.807) is 24.3 Å². The molecule has 3 aromatic carbocycles. The minimum Gasteiger partial charge on any atom is -0.508 e. The molecule has 3 aromatic rings. The summed E-state index contributed by atoms with van der Waals surface area (Å²) in [6.45, 7) is 0. The topological polar surface area (TPSA) is 57.5 Å². The molecule has 3 heteroatoms. The second-order valence-corrected chi connectivity index (χ2v) is 7.37. The van der Waals surface area contributed by atoms with Gasteiger partial charge in [-0.3, -0.25) is 4.79 Å². The normalized spacial score (nSPS) is 19.6. The highest BCUT2D eigenvalue weighted by atomic mass is 16.3. The van der Waals surface area contributed by atoms with E-state index in [1.165, 1.54) is 5.56 Å². The highest BCUT2D eigenvalue weighted by molar-refractivity contribution is 6.14. The van der Waals surface area contributed by atoms with Crippen LogP contribution in [0.15, 0.2) is 90.0 Å². The second-order valence-electron chi connectivity index (χ2n) is 7.37. The molecule has 2 N–H and O–H groups in total. The molecule has 144 valence electrons. The van der Waals surface area contributed by atoms with Crippen LogP contribution >= 0.6 is 0 Å². The lowest BCUT2D eigenvalue weighted by molar-refractivity contribution is -0.113. The Bertz CT molecular complexity index is 992. The number of Topliss-reactive ketones (excluding diaryl/α,β-unsaturated/α-hetero) is 1. The van der Waals surface area contributed by atoms with Crippen molar-refractivity contribution in [1.82, 2.24) is 0 Å². The lowest BCUT2D eigenvalue weighted by Crippen LogP contribution is -2.19. The molecule has 0 radical (unpaired) electrons. The number of hydrogen-bond acceptors (Lipinski definition) is 3. The lowest BCUT2D eigenvalue weighted by Gasteiger charge is -2.26. The van der Waals surface area contributed by atoms with Gasteiger partial charge in [0.1, 0.15) is 11.5 Å². The predicted molar refractivity (Wildman–Crippen MR) is 116 cm³/mol. The molecule has 4 rings (SSSR count).